The molecule has 2 aromatic heterocycles. The van der Waals surface area contributed by atoms with E-state index in [0.29, 0.717) is 11.3 Å². The fraction of sp³-hybridized carbons (Fsp3) is 0.111. The topological polar surface area (TPSA) is 73.8 Å². The van der Waals surface area contributed by atoms with Gasteiger partial charge in [-0.2, -0.15) is 5.10 Å². The molecule has 2 aromatic rings. The van der Waals surface area contributed by atoms with Crippen molar-refractivity contribution in [2.45, 2.75) is 0 Å². The highest BCUT2D eigenvalue weighted by Gasteiger charge is 2.19. The standard InChI is InChI=1S/C9H8N4O2/c1-12-6-8(13(14)15)9(11-12)7-2-4-10-5-3-7/h2-6H,1H3. The Morgan fingerprint density at radius 3 is 2.67 bits per heavy atom. The van der Waals surface area contributed by atoms with Crippen LogP contribution in [0.25, 0.3) is 11.3 Å². The average Bonchev–Trinajstić information content (AvgIpc) is 2.62. The van der Waals surface area contributed by atoms with Gasteiger partial charge < -0.3 is 0 Å². The molecule has 0 atom stereocenters. The normalized spacial score (nSPS) is 10.2. The highest BCUT2D eigenvalue weighted by molar-refractivity contribution is 5.68. The number of aryl methyl sites for hydroxylation is 1. The van der Waals surface area contributed by atoms with Crippen LogP contribution in [-0.4, -0.2) is 19.7 Å². The first kappa shape index (κ1) is 9.32. The second-order valence-electron chi connectivity index (χ2n) is 3.03. The summed E-state index contributed by atoms with van der Waals surface area (Å²) in [6.07, 6.45) is 4.54. The Hall–Kier alpha value is -2.24. The number of nitro groups is 1. The zero-order valence-corrected chi connectivity index (χ0v) is 7.99. The highest BCUT2D eigenvalue weighted by Crippen LogP contribution is 2.26. The van der Waals surface area contributed by atoms with Crippen LogP contribution in [0.2, 0.25) is 0 Å². The molecule has 0 aliphatic rings. The van der Waals surface area contributed by atoms with Crippen LogP contribution in [-0.2, 0) is 7.05 Å². The molecule has 0 radical (unpaired) electrons. The van der Waals surface area contributed by atoms with E-state index < -0.39 is 4.92 Å². The Morgan fingerprint density at radius 2 is 2.07 bits per heavy atom. The minimum absolute atomic E-state index is 0.00343. The number of hydrogen-bond donors (Lipinski definition) is 0. The third-order valence-electron chi connectivity index (χ3n) is 1.96. The van der Waals surface area contributed by atoms with Crippen LogP contribution in [0.3, 0.4) is 0 Å². The molecule has 0 saturated carbocycles. The first-order valence-corrected chi connectivity index (χ1v) is 4.27. The molecule has 0 N–H and O–H groups in total. The molecule has 2 rings (SSSR count). The molecule has 0 saturated heterocycles. The van der Waals surface area contributed by atoms with E-state index in [9.17, 15) is 10.1 Å². The van der Waals surface area contributed by atoms with Crippen molar-refractivity contribution in [2.75, 3.05) is 0 Å². The van der Waals surface area contributed by atoms with E-state index >= 15 is 0 Å². The van der Waals surface area contributed by atoms with Crippen LogP contribution in [0.1, 0.15) is 0 Å². The number of hydrogen-bond acceptors (Lipinski definition) is 4. The molecule has 0 bridgehead atoms. The molecule has 15 heavy (non-hydrogen) atoms. The maximum absolute atomic E-state index is 10.7. The van der Waals surface area contributed by atoms with Crippen LogP contribution in [0, 0.1) is 10.1 Å². The Kier molecular flexibility index (Phi) is 2.17. The maximum Gasteiger partial charge on any atom is 0.314 e. The first-order chi connectivity index (χ1) is 7.18. The van der Waals surface area contributed by atoms with Gasteiger partial charge in [-0.05, 0) is 12.1 Å². The smallest absolute Gasteiger partial charge is 0.268 e. The second kappa shape index (κ2) is 3.49. The molecule has 76 valence electrons. The van der Waals surface area contributed by atoms with Gasteiger partial charge in [0, 0.05) is 25.0 Å². The summed E-state index contributed by atoms with van der Waals surface area (Å²) in [5.41, 5.74) is 1.06. The lowest BCUT2D eigenvalue weighted by Crippen LogP contribution is -1.89. The van der Waals surface area contributed by atoms with Crippen molar-refractivity contribution in [3.63, 3.8) is 0 Å². The van der Waals surface area contributed by atoms with Gasteiger partial charge in [-0.3, -0.25) is 19.8 Å². The molecule has 6 nitrogen and oxygen atoms in total. The first-order valence-electron chi connectivity index (χ1n) is 4.27. The van der Waals surface area contributed by atoms with E-state index in [4.69, 9.17) is 0 Å². The monoisotopic (exact) mass is 204 g/mol. The summed E-state index contributed by atoms with van der Waals surface area (Å²) in [5, 5.41) is 14.8. The van der Waals surface area contributed by atoms with E-state index in [1.165, 1.54) is 10.9 Å². The number of aromatic nitrogens is 3. The van der Waals surface area contributed by atoms with Crippen molar-refractivity contribution in [3.05, 3.63) is 40.8 Å². The molecule has 0 aliphatic heterocycles. The minimum Gasteiger partial charge on any atom is -0.268 e. The molecule has 0 unspecified atom stereocenters. The van der Waals surface area contributed by atoms with Gasteiger partial charge in [0.25, 0.3) is 0 Å². The molecule has 0 spiro atoms. The Labute approximate surface area is 85.3 Å². The van der Waals surface area contributed by atoms with Gasteiger partial charge in [-0.1, -0.05) is 0 Å². The van der Waals surface area contributed by atoms with Gasteiger partial charge >= 0.3 is 5.69 Å². The van der Waals surface area contributed by atoms with Crippen LogP contribution in [0.15, 0.2) is 30.7 Å². The van der Waals surface area contributed by atoms with Gasteiger partial charge in [0.2, 0.25) is 0 Å². The summed E-state index contributed by atoms with van der Waals surface area (Å²) in [6, 6.07) is 3.38. The summed E-state index contributed by atoms with van der Waals surface area (Å²) in [5.74, 6) is 0. The molecule has 0 aromatic carbocycles. The Morgan fingerprint density at radius 1 is 1.40 bits per heavy atom. The zero-order valence-electron chi connectivity index (χ0n) is 7.99. The molecule has 2 heterocycles. The van der Waals surface area contributed by atoms with Gasteiger partial charge in [-0.15, -0.1) is 0 Å². The molecule has 0 amide bonds. The lowest BCUT2D eigenvalue weighted by molar-refractivity contribution is -0.384. The number of nitrogens with zero attached hydrogens (tertiary/aromatic N) is 4. The second-order valence-corrected chi connectivity index (χ2v) is 3.03. The van der Waals surface area contributed by atoms with E-state index in [1.54, 1.807) is 31.6 Å². The van der Waals surface area contributed by atoms with Gasteiger partial charge in [0.15, 0.2) is 5.69 Å². The van der Waals surface area contributed by atoms with Crippen LogP contribution < -0.4 is 0 Å². The van der Waals surface area contributed by atoms with Crippen LogP contribution >= 0.6 is 0 Å². The van der Waals surface area contributed by atoms with Crippen molar-refractivity contribution in [1.82, 2.24) is 14.8 Å². The van der Waals surface area contributed by atoms with Gasteiger partial charge in [0.1, 0.15) is 6.20 Å². The maximum atomic E-state index is 10.7. The minimum atomic E-state index is -0.442. The summed E-state index contributed by atoms with van der Waals surface area (Å²) >= 11 is 0. The van der Waals surface area contributed by atoms with Crippen molar-refractivity contribution >= 4 is 5.69 Å². The van der Waals surface area contributed by atoms with Crippen LogP contribution in [0.4, 0.5) is 5.69 Å². The molecule has 6 heteroatoms. The summed E-state index contributed by atoms with van der Waals surface area (Å²) in [7, 11) is 1.65. The lowest BCUT2D eigenvalue weighted by atomic mass is 10.2. The van der Waals surface area contributed by atoms with E-state index in [2.05, 4.69) is 10.1 Å². The van der Waals surface area contributed by atoms with E-state index in [1.807, 2.05) is 0 Å². The fourth-order valence-electron chi connectivity index (χ4n) is 1.32. The highest BCUT2D eigenvalue weighted by atomic mass is 16.6. The summed E-state index contributed by atoms with van der Waals surface area (Å²) in [6.45, 7) is 0. The fourth-order valence-corrected chi connectivity index (χ4v) is 1.32. The third kappa shape index (κ3) is 1.69. The van der Waals surface area contributed by atoms with Crippen molar-refractivity contribution in [2.24, 2.45) is 7.05 Å². The average molecular weight is 204 g/mol. The Bertz CT molecular complexity index is 492. The SMILES string of the molecule is Cn1cc([N+](=O)[O-])c(-c2ccncc2)n1. The molecular formula is C9H8N4O2. The zero-order chi connectivity index (χ0) is 10.8. The van der Waals surface area contributed by atoms with Crippen molar-refractivity contribution in [1.29, 1.82) is 0 Å². The molecule has 0 fully saturated rings. The Balaban J connectivity index is 2.58. The van der Waals surface area contributed by atoms with E-state index in [0.717, 1.165) is 0 Å². The predicted octanol–water partition coefficient (Wildman–Crippen LogP) is 1.39. The van der Waals surface area contributed by atoms with Crippen LogP contribution in [0.5, 0.6) is 0 Å². The van der Waals surface area contributed by atoms with Gasteiger partial charge in [0.05, 0.1) is 4.92 Å². The van der Waals surface area contributed by atoms with E-state index in [-0.39, 0.29) is 5.69 Å². The number of pyridine rings is 1. The molecular weight excluding hydrogens is 196 g/mol. The summed E-state index contributed by atoms with van der Waals surface area (Å²) in [4.78, 5) is 14.2. The quantitative estimate of drug-likeness (QED) is 0.547. The third-order valence-corrected chi connectivity index (χ3v) is 1.96. The predicted molar refractivity (Wildman–Crippen MR) is 53.1 cm³/mol. The van der Waals surface area contributed by atoms with Crippen molar-refractivity contribution in [3.8, 4) is 11.3 Å². The largest absolute Gasteiger partial charge is 0.314 e. The lowest BCUT2D eigenvalue weighted by Gasteiger charge is -1.94. The molecule has 0 aliphatic carbocycles. The number of rotatable bonds is 2. The van der Waals surface area contributed by atoms with Crippen molar-refractivity contribution < 1.29 is 4.92 Å². The van der Waals surface area contributed by atoms with Gasteiger partial charge in [-0.25, -0.2) is 0 Å². The summed E-state index contributed by atoms with van der Waals surface area (Å²) < 4.78 is 1.42.